The van der Waals surface area contributed by atoms with Gasteiger partial charge in [-0.15, -0.1) is 0 Å². The summed E-state index contributed by atoms with van der Waals surface area (Å²) in [6.07, 6.45) is 16.3. The summed E-state index contributed by atoms with van der Waals surface area (Å²) in [6.45, 7) is 12.3. The summed E-state index contributed by atoms with van der Waals surface area (Å²) < 4.78 is 51.3. The largest absolute Gasteiger partial charge is 0.497 e. The van der Waals surface area contributed by atoms with Crippen LogP contribution >= 0.6 is 46.4 Å². The monoisotopic (exact) mass is 2050 g/mol. The van der Waals surface area contributed by atoms with Gasteiger partial charge < -0.3 is 41.0 Å². The van der Waals surface area contributed by atoms with Gasteiger partial charge in [-0.05, 0) is 241 Å². The van der Waals surface area contributed by atoms with E-state index in [0.717, 1.165) is 183 Å². The summed E-state index contributed by atoms with van der Waals surface area (Å²) in [7, 11) is 3.34. The molecule has 5 aliphatic carbocycles. The van der Waals surface area contributed by atoms with E-state index in [4.69, 9.17) is 80.8 Å². The SMILES string of the molecule is CC(C)CNc1ncc2c(n1)-c1ccccc1C(c1ccc(Cl)cc1)C2.CC(C)CNc1ncc2c(n1)-c1ccccc1C(c1ccccc1Cl)C2.COc1ccc(CNc2ncc3c(n2)-c2ccccc2C(c2ccc(Cl)cc2)C3)cc1.COc1ccc(CNc2ncc3c(n2)-c2ccccc2C(c2ccccc2Cl)C3)cc1.Fc1ccc2c(CCNc3ncc4c(n3)-c3ccccc3C(c3ccc(F)c(F)c3)C4)c[nH]c2c1. The van der Waals surface area contributed by atoms with Gasteiger partial charge in [0.2, 0.25) is 29.7 Å². The van der Waals surface area contributed by atoms with Crippen LogP contribution in [-0.2, 0) is 51.6 Å². The van der Waals surface area contributed by atoms with Gasteiger partial charge in [-0.25, -0.2) is 63.0 Å². The average Bonchev–Trinajstić information content (AvgIpc) is 1.25. The molecule has 13 aromatic carbocycles. The number of H-pyrrole nitrogens is 1. The topological polar surface area (TPSA) is 223 Å². The Balaban J connectivity index is 0.000000113. The molecule has 6 heterocycles. The standard InChI is InChI=1S/C28H21F3N4.2C26H22ClN3O.2C22H22ClN3/c29-19-6-7-20-17(14-33-26(20)13-19)9-10-32-28-34-15-18-11-23(16-5-8-24(30)25(31)12-16)21-3-1-2-4-22(21)27(18)35-28;1-31-19-12-10-17(11-13-19)15-28-26-29-16-18-14-23(21-7-4-5-9-24(21)27)20-6-2-3-8-22(20)25(18)30-26;1-31-21-12-6-17(7-13-21)15-28-26-29-16-19-14-24(18-8-10-20(27)11-9-18)22-4-2-3-5-23(22)25(19)30-26;1-14(2)12-24-22-25-13-15-11-19(17-8-5-6-10-20(17)23)16-7-3-4-9-18(16)21(15)26-22;1-14(2)12-24-22-25-13-16-11-20(15-7-9-17(23)10-8-15)18-5-3-4-6-19(18)21(16)26-22/h1-8,12-15,23,33H,9-11H2,(H,32,34,35);2-13,16,23H,14-15H2,1H3,(H,28,29,30);2-13,16,24H,14-15H2,1H3,(H,28,29,30);3-10,13-14,19H,11-12H2,1-2H3,(H,24,25,26);3-10,13-14,20H,11-12H2,1-2H3,(H,24,25,26). The minimum Gasteiger partial charge on any atom is -0.497 e. The van der Waals surface area contributed by atoms with E-state index >= 15 is 0 Å². The molecule has 5 unspecified atom stereocenters. The van der Waals surface area contributed by atoms with Crippen molar-refractivity contribution in [3.63, 3.8) is 0 Å². The maximum atomic E-state index is 14.0. The van der Waals surface area contributed by atoms with Gasteiger partial charge in [0, 0.05) is 158 Å². The van der Waals surface area contributed by atoms with Crippen LogP contribution in [0.4, 0.5) is 42.9 Å². The second-order valence-corrected chi connectivity index (χ2v) is 40.2. The fourth-order valence-corrected chi connectivity index (χ4v) is 21.1. The first-order valence-electron chi connectivity index (χ1n) is 50.2. The molecule has 5 aliphatic rings. The first-order chi connectivity index (χ1) is 72.7. The third-order valence-electron chi connectivity index (χ3n) is 27.8. The van der Waals surface area contributed by atoms with Gasteiger partial charge in [-0.1, -0.05) is 286 Å². The summed E-state index contributed by atoms with van der Waals surface area (Å²) in [6, 6.07) is 99.2. The maximum absolute atomic E-state index is 14.0. The summed E-state index contributed by atoms with van der Waals surface area (Å²) in [4.78, 5) is 50.0. The Kier molecular flexibility index (Phi) is 31.2. The summed E-state index contributed by atoms with van der Waals surface area (Å²) >= 11 is 25.2. The maximum Gasteiger partial charge on any atom is 0.223 e. The van der Waals surface area contributed by atoms with Crippen LogP contribution < -0.4 is 36.1 Å². The van der Waals surface area contributed by atoms with Gasteiger partial charge in [-0.2, -0.15) is 0 Å². The van der Waals surface area contributed by atoms with Crippen LogP contribution in [0.5, 0.6) is 11.5 Å². The number of methoxy groups -OCH3 is 2. The Bertz CT molecular complexity index is 8000. The van der Waals surface area contributed by atoms with Crippen molar-refractivity contribution in [1.82, 2.24) is 54.8 Å². The number of benzene rings is 13. The van der Waals surface area contributed by atoms with Crippen molar-refractivity contribution in [1.29, 1.82) is 0 Å². The molecule has 18 nitrogen and oxygen atoms in total. The molecule has 0 bridgehead atoms. The number of halogens is 7. The summed E-state index contributed by atoms with van der Waals surface area (Å²) in [5, 5.41) is 20.8. The predicted molar refractivity (Wildman–Crippen MR) is 595 cm³/mol. The van der Waals surface area contributed by atoms with Gasteiger partial charge >= 0.3 is 0 Å². The zero-order chi connectivity index (χ0) is 103. The third kappa shape index (κ3) is 23.2. The average molecular weight is 2050 g/mol. The van der Waals surface area contributed by atoms with Crippen molar-refractivity contribution in [2.75, 3.05) is 60.4 Å². The molecule has 0 fully saturated rings. The lowest BCUT2D eigenvalue weighted by Gasteiger charge is -2.28. The molecule has 149 heavy (non-hydrogen) atoms. The molecule has 0 radical (unpaired) electrons. The first-order valence-corrected chi connectivity index (χ1v) is 51.7. The van der Waals surface area contributed by atoms with Crippen LogP contribution in [0, 0.1) is 29.3 Å². The molecule has 746 valence electrons. The number of rotatable bonds is 23. The number of hydrogen-bond donors (Lipinski definition) is 6. The number of aromatic amines is 1. The van der Waals surface area contributed by atoms with E-state index in [0.29, 0.717) is 73.6 Å². The molecule has 6 aromatic heterocycles. The van der Waals surface area contributed by atoms with Gasteiger partial charge in [0.05, 0.1) is 42.7 Å². The smallest absolute Gasteiger partial charge is 0.223 e. The van der Waals surface area contributed by atoms with E-state index < -0.39 is 11.6 Å². The highest BCUT2D eigenvalue weighted by molar-refractivity contribution is 6.32. The Morgan fingerprint density at radius 1 is 0.329 bits per heavy atom. The Morgan fingerprint density at radius 3 is 1.01 bits per heavy atom. The van der Waals surface area contributed by atoms with Gasteiger partial charge in [0.1, 0.15) is 17.3 Å². The second kappa shape index (κ2) is 46.2. The third-order valence-corrected chi connectivity index (χ3v) is 29.0. The molecule has 6 N–H and O–H groups in total. The zero-order valence-electron chi connectivity index (χ0n) is 83.1. The number of hydrogen-bond acceptors (Lipinski definition) is 17. The molecule has 25 heteroatoms. The highest BCUT2D eigenvalue weighted by Gasteiger charge is 2.35. The second-order valence-electron chi connectivity index (χ2n) is 38.5. The van der Waals surface area contributed by atoms with E-state index in [9.17, 15) is 13.2 Å². The molecule has 0 saturated carbocycles. The fourth-order valence-electron chi connectivity index (χ4n) is 20.3. The minimum atomic E-state index is -0.850. The van der Waals surface area contributed by atoms with Crippen LogP contribution in [0.25, 0.3) is 67.2 Å². The van der Waals surface area contributed by atoms with E-state index in [1.807, 2.05) is 165 Å². The quantitative estimate of drug-likeness (QED) is 0.0350. The van der Waals surface area contributed by atoms with Gasteiger partial charge in [0.15, 0.2) is 11.6 Å². The summed E-state index contributed by atoms with van der Waals surface area (Å²) in [5.41, 5.74) is 32.1. The molecule has 5 atom stereocenters. The molecule has 19 aromatic rings. The molecular formula is C124H109Cl4F3N16O2. The van der Waals surface area contributed by atoms with Crippen molar-refractivity contribution < 1.29 is 22.6 Å². The molecular weight excluding hydrogens is 1940 g/mol. The van der Waals surface area contributed by atoms with E-state index in [1.165, 1.54) is 85.5 Å². The minimum absolute atomic E-state index is 0.108. The number of aromatic nitrogens is 11. The van der Waals surface area contributed by atoms with E-state index in [2.05, 4.69) is 224 Å². The van der Waals surface area contributed by atoms with Crippen LogP contribution in [-0.4, -0.2) is 88.7 Å². The molecule has 0 amide bonds. The van der Waals surface area contributed by atoms with E-state index in [1.54, 1.807) is 26.4 Å². The van der Waals surface area contributed by atoms with Crippen molar-refractivity contribution >= 4 is 87.0 Å². The van der Waals surface area contributed by atoms with Crippen molar-refractivity contribution in [2.45, 2.75) is 109 Å². The first kappa shape index (κ1) is 101. The number of anilines is 5. The van der Waals surface area contributed by atoms with Crippen LogP contribution in [0.2, 0.25) is 20.1 Å². The highest BCUT2D eigenvalue weighted by atomic mass is 35.5. The lowest BCUT2D eigenvalue weighted by atomic mass is 9.78. The Morgan fingerprint density at radius 2 is 0.651 bits per heavy atom. The summed E-state index contributed by atoms with van der Waals surface area (Å²) in [5.74, 6) is 4.90. The normalized spacial score (nSPS) is 14.8. The van der Waals surface area contributed by atoms with Crippen LogP contribution in [0.3, 0.4) is 0 Å². The fraction of sp³-hybridized carbons (Fsp3) is 0.194. The van der Waals surface area contributed by atoms with Crippen LogP contribution in [0.1, 0.15) is 157 Å². The lowest BCUT2D eigenvalue weighted by molar-refractivity contribution is 0.414. The van der Waals surface area contributed by atoms with Crippen molar-refractivity contribution in [2.24, 2.45) is 11.8 Å². The number of fused-ring (bicyclic) bond motifs is 16. The molecule has 0 saturated heterocycles. The van der Waals surface area contributed by atoms with E-state index in [-0.39, 0.29) is 29.5 Å². The molecule has 24 rings (SSSR count). The number of nitrogens with one attached hydrogen (secondary N) is 6. The van der Waals surface area contributed by atoms with Crippen molar-refractivity contribution in [3.05, 3.63) is 478 Å². The molecule has 0 spiro atoms. The van der Waals surface area contributed by atoms with Gasteiger partial charge in [0.25, 0.3) is 0 Å². The Labute approximate surface area is 885 Å². The Hall–Kier alpha value is -15.7. The predicted octanol–water partition coefficient (Wildman–Crippen LogP) is 29.7. The van der Waals surface area contributed by atoms with Gasteiger partial charge in [-0.3, -0.25) is 0 Å². The number of nitrogens with zero attached hydrogens (tertiary/aromatic N) is 10. The van der Waals surface area contributed by atoms with Crippen molar-refractivity contribution in [3.8, 4) is 67.8 Å². The lowest BCUT2D eigenvalue weighted by Crippen LogP contribution is -2.16. The highest BCUT2D eigenvalue weighted by Crippen LogP contribution is 2.50. The zero-order valence-corrected chi connectivity index (χ0v) is 86.1. The molecule has 0 aliphatic heterocycles. The van der Waals surface area contributed by atoms with Crippen LogP contribution in [0.15, 0.2) is 340 Å². The number of ether oxygens (including phenoxy) is 2.